The van der Waals surface area contributed by atoms with Crippen molar-refractivity contribution in [1.29, 1.82) is 0 Å². The Labute approximate surface area is 108 Å². The van der Waals surface area contributed by atoms with E-state index in [2.05, 4.69) is 5.32 Å². The highest BCUT2D eigenvalue weighted by Gasteiger charge is 2.38. The standard InChI is InChI=1S/C13H23N3O2/c14-7-8-15-11(17)12(18)16-9-5-13(6-10-16)3-1-2-4-13/h1-10,14H2,(H,15,17). The van der Waals surface area contributed by atoms with Gasteiger partial charge in [-0.25, -0.2) is 0 Å². The largest absolute Gasteiger partial charge is 0.347 e. The number of amides is 2. The van der Waals surface area contributed by atoms with Gasteiger partial charge in [-0.15, -0.1) is 0 Å². The van der Waals surface area contributed by atoms with Crippen molar-refractivity contribution in [2.45, 2.75) is 38.5 Å². The molecule has 1 aliphatic carbocycles. The van der Waals surface area contributed by atoms with Crippen LogP contribution in [0.5, 0.6) is 0 Å². The molecule has 3 N–H and O–H groups in total. The highest BCUT2D eigenvalue weighted by molar-refractivity contribution is 6.35. The first-order valence-corrected chi connectivity index (χ1v) is 6.94. The quantitative estimate of drug-likeness (QED) is 0.692. The second-order valence-corrected chi connectivity index (χ2v) is 5.54. The fourth-order valence-electron chi connectivity index (χ4n) is 3.21. The van der Waals surface area contributed by atoms with Gasteiger partial charge >= 0.3 is 11.8 Å². The van der Waals surface area contributed by atoms with Crippen LogP contribution in [0.1, 0.15) is 38.5 Å². The van der Waals surface area contributed by atoms with Crippen molar-refractivity contribution in [3.05, 3.63) is 0 Å². The summed E-state index contributed by atoms with van der Waals surface area (Å²) < 4.78 is 0. The van der Waals surface area contributed by atoms with E-state index < -0.39 is 11.8 Å². The van der Waals surface area contributed by atoms with Gasteiger partial charge in [0.25, 0.3) is 0 Å². The van der Waals surface area contributed by atoms with E-state index in [1.54, 1.807) is 4.90 Å². The zero-order valence-electron chi connectivity index (χ0n) is 10.9. The smallest absolute Gasteiger partial charge is 0.311 e. The number of hydrogen-bond donors (Lipinski definition) is 2. The third-order valence-electron chi connectivity index (χ3n) is 4.40. The first kappa shape index (κ1) is 13.3. The predicted molar refractivity (Wildman–Crippen MR) is 68.8 cm³/mol. The summed E-state index contributed by atoms with van der Waals surface area (Å²) in [6, 6.07) is 0. The zero-order chi connectivity index (χ0) is 13.0. The number of nitrogens with two attached hydrogens (primary N) is 1. The molecule has 18 heavy (non-hydrogen) atoms. The van der Waals surface area contributed by atoms with Gasteiger partial charge in [0, 0.05) is 26.2 Å². The molecule has 1 heterocycles. The Balaban J connectivity index is 1.81. The summed E-state index contributed by atoms with van der Waals surface area (Å²) in [5.74, 6) is -0.904. The van der Waals surface area contributed by atoms with Crippen molar-refractivity contribution in [3.63, 3.8) is 0 Å². The van der Waals surface area contributed by atoms with Gasteiger partial charge < -0.3 is 16.0 Å². The number of hydrogen-bond acceptors (Lipinski definition) is 3. The molecule has 1 spiro atoms. The van der Waals surface area contributed by atoms with Crippen molar-refractivity contribution in [2.75, 3.05) is 26.2 Å². The molecule has 0 unspecified atom stereocenters. The monoisotopic (exact) mass is 253 g/mol. The normalized spacial score (nSPS) is 22.2. The van der Waals surface area contributed by atoms with Crippen LogP contribution in [0.4, 0.5) is 0 Å². The first-order valence-electron chi connectivity index (χ1n) is 6.94. The Bertz CT molecular complexity index is 314. The first-order chi connectivity index (χ1) is 8.67. The van der Waals surface area contributed by atoms with E-state index in [4.69, 9.17) is 5.73 Å². The summed E-state index contributed by atoms with van der Waals surface area (Å²) in [6.07, 6.45) is 7.37. The Morgan fingerprint density at radius 3 is 2.28 bits per heavy atom. The second kappa shape index (κ2) is 5.69. The van der Waals surface area contributed by atoms with Gasteiger partial charge in [-0.1, -0.05) is 12.8 Å². The van der Waals surface area contributed by atoms with Gasteiger partial charge in [-0.3, -0.25) is 9.59 Å². The Morgan fingerprint density at radius 2 is 1.72 bits per heavy atom. The SMILES string of the molecule is NCCNC(=O)C(=O)N1CCC2(CCCC2)CC1. The Kier molecular flexibility index (Phi) is 4.22. The van der Waals surface area contributed by atoms with Crippen LogP contribution in [0.25, 0.3) is 0 Å². The van der Waals surface area contributed by atoms with Crippen LogP contribution in [0.3, 0.4) is 0 Å². The number of likely N-dealkylation sites (tertiary alicyclic amines) is 1. The van der Waals surface area contributed by atoms with Gasteiger partial charge in [0.2, 0.25) is 0 Å². The fraction of sp³-hybridized carbons (Fsp3) is 0.846. The second-order valence-electron chi connectivity index (χ2n) is 5.54. The molecule has 0 aromatic carbocycles. The molecule has 102 valence electrons. The van der Waals surface area contributed by atoms with Gasteiger partial charge in [-0.2, -0.15) is 0 Å². The lowest BCUT2D eigenvalue weighted by Crippen LogP contribution is -2.48. The molecule has 1 saturated carbocycles. The highest BCUT2D eigenvalue weighted by Crippen LogP contribution is 2.46. The molecule has 0 atom stereocenters. The lowest BCUT2D eigenvalue weighted by Gasteiger charge is -2.39. The molecule has 1 aliphatic heterocycles. The number of carbonyl (C=O) groups is 2. The maximum atomic E-state index is 11.9. The van der Waals surface area contributed by atoms with E-state index in [-0.39, 0.29) is 0 Å². The van der Waals surface area contributed by atoms with Crippen LogP contribution in [0.2, 0.25) is 0 Å². The van der Waals surface area contributed by atoms with Gasteiger partial charge in [0.05, 0.1) is 0 Å². The Hall–Kier alpha value is -1.10. The lowest BCUT2D eigenvalue weighted by atomic mass is 9.77. The summed E-state index contributed by atoms with van der Waals surface area (Å²) in [7, 11) is 0. The van der Waals surface area contributed by atoms with E-state index >= 15 is 0 Å². The average molecular weight is 253 g/mol. The number of carbonyl (C=O) groups excluding carboxylic acids is 2. The molecule has 2 aliphatic rings. The van der Waals surface area contributed by atoms with Crippen LogP contribution in [-0.2, 0) is 9.59 Å². The maximum Gasteiger partial charge on any atom is 0.311 e. The minimum absolute atomic E-state index is 0.363. The minimum Gasteiger partial charge on any atom is -0.347 e. The maximum absolute atomic E-state index is 11.9. The lowest BCUT2D eigenvalue weighted by molar-refractivity contribution is -0.147. The fourth-order valence-corrected chi connectivity index (χ4v) is 3.21. The molecule has 5 nitrogen and oxygen atoms in total. The molecule has 2 rings (SSSR count). The average Bonchev–Trinajstić information content (AvgIpc) is 2.84. The third-order valence-corrected chi connectivity index (χ3v) is 4.40. The summed E-state index contributed by atoms with van der Waals surface area (Å²) in [5.41, 5.74) is 5.77. The van der Waals surface area contributed by atoms with E-state index in [1.165, 1.54) is 25.7 Å². The molecule has 5 heteroatoms. The highest BCUT2D eigenvalue weighted by atomic mass is 16.2. The summed E-state index contributed by atoms with van der Waals surface area (Å²) in [5, 5.41) is 2.54. The topological polar surface area (TPSA) is 75.4 Å². The van der Waals surface area contributed by atoms with Crippen molar-refractivity contribution in [2.24, 2.45) is 11.1 Å². The van der Waals surface area contributed by atoms with Gasteiger partial charge in [0.15, 0.2) is 0 Å². The van der Waals surface area contributed by atoms with E-state index in [0.717, 1.165) is 25.9 Å². The van der Waals surface area contributed by atoms with Crippen LogP contribution in [0.15, 0.2) is 0 Å². The third kappa shape index (κ3) is 2.83. The van der Waals surface area contributed by atoms with Crippen LogP contribution in [-0.4, -0.2) is 42.9 Å². The number of nitrogens with zero attached hydrogens (tertiary/aromatic N) is 1. The molecule has 0 bridgehead atoms. The van der Waals surface area contributed by atoms with Crippen LogP contribution < -0.4 is 11.1 Å². The van der Waals surface area contributed by atoms with Crippen molar-refractivity contribution in [3.8, 4) is 0 Å². The van der Waals surface area contributed by atoms with E-state index in [9.17, 15) is 9.59 Å². The predicted octanol–water partition coefficient (Wildman–Crippen LogP) is 0.244. The number of nitrogens with one attached hydrogen (secondary N) is 1. The molecule has 0 aromatic heterocycles. The van der Waals surface area contributed by atoms with Crippen LogP contribution in [0, 0.1) is 5.41 Å². The van der Waals surface area contributed by atoms with Gasteiger partial charge in [-0.05, 0) is 31.1 Å². The summed E-state index contributed by atoms with van der Waals surface area (Å²) >= 11 is 0. The van der Waals surface area contributed by atoms with Crippen molar-refractivity contribution in [1.82, 2.24) is 10.2 Å². The zero-order valence-corrected chi connectivity index (χ0v) is 10.9. The summed E-state index contributed by atoms with van der Waals surface area (Å²) in [6.45, 7) is 2.19. The molecule has 1 saturated heterocycles. The van der Waals surface area contributed by atoms with Gasteiger partial charge in [0.1, 0.15) is 0 Å². The van der Waals surface area contributed by atoms with Crippen molar-refractivity contribution >= 4 is 11.8 Å². The molecule has 0 radical (unpaired) electrons. The molecule has 2 fully saturated rings. The van der Waals surface area contributed by atoms with Crippen molar-refractivity contribution < 1.29 is 9.59 Å². The minimum atomic E-state index is -0.511. The molecular weight excluding hydrogens is 230 g/mol. The van der Waals surface area contributed by atoms with Crippen LogP contribution >= 0.6 is 0 Å². The molecule has 0 aromatic rings. The molecule has 2 amide bonds. The summed E-state index contributed by atoms with van der Waals surface area (Å²) in [4.78, 5) is 25.1. The van der Waals surface area contributed by atoms with E-state index in [0.29, 0.717) is 18.5 Å². The number of rotatable bonds is 2. The number of piperidine rings is 1. The Morgan fingerprint density at radius 1 is 1.11 bits per heavy atom. The van der Waals surface area contributed by atoms with E-state index in [1.807, 2.05) is 0 Å². The molecular formula is C13H23N3O2.